The molecule has 6 nitrogen and oxygen atoms in total. The monoisotopic (exact) mass is 370 g/mol. The molecule has 0 aromatic heterocycles. The van der Waals surface area contributed by atoms with Crippen LogP contribution in [0.2, 0.25) is 5.02 Å². The van der Waals surface area contributed by atoms with E-state index >= 15 is 0 Å². The van der Waals surface area contributed by atoms with Crippen molar-refractivity contribution in [2.24, 2.45) is 0 Å². The number of rotatable bonds is 5. The molecule has 2 unspecified atom stereocenters. The lowest BCUT2D eigenvalue weighted by atomic mass is 10.0. The molecule has 0 saturated carbocycles. The first-order chi connectivity index (χ1) is 11.4. The molecule has 2 N–H and O–H groups in total. The fraction of sp³-hybridized carbons (Fsp3) is 0.562. The summed E-state index contributed by atoms with van der Waals surface area (Å²) in [6.07, 6.45) is 3.76. The third kappa shape index (κ3) is 5.03. The van der Waals surface area contributed by atoms with E-state index in [0.29, 0.717) is 34.5 Å². The highest BCUT2D eigenvalue weighted by Gasteiger charge is 2.23. The second-order valence-electron chi connectivity index (χ2n) is 6.19. The molecule has 1 aliphatic heterocycles. The second-order valence-corrected chi connectivity index (χ2v) is 7.00. The molecule has 0 radical (unpaired) electrons. The Hall–Kier alpha value is -1.44. The number of anilines is 1. The molecule has 24 heavy (non-hydrogen) atoms. The van der Waals surface area contributed by atoms with Crippen molar-refractivity contribution in [3.05, 3.63) is 33.3 Å². The minimum Gasteiger partial charge on any atom is -0.361 e. The zero-order valence-corrected chi connectivity index (χ0v) is 15.5. The van der Waals surface area contributed by atoms with Gasteiger partial charge < -0.3 is 10.6 Å². The van der Waals surface area contributed by atoms with E-state index < -0.39 is 4.92 Å². The lowest BCUT2D eigenvalue weighted by molar-refractivity contribution is -0.384. The Labute approximate surface area is 152 Å². The number of nitrogens with zero attached hydrogens (tertiary/aromatic N) is 2. The normalized spacial score (nSPS) is 19.5. The minimum absolute atomic E-state index is 0.0276. The van der Waals surface area contributed by atoms with Gasteiger partial charge in [-0.15, -0.1) is 0 Å². The van der Waals surface area contributed by atoms with Crippen LogP contribution >= 0.6 is 23.8 Å². The number of nitro benzene ring substituents is 1. The number of thiocarbonyl (C=S) groups is 1. The summed E-state index contributed by atoms with van der Waals surface area (Å²) in [4.78, 5) is 12.9. The topological polar surface area (TPSA) is 70.4 Å². The van der Waals surface area contributed by atoms with Gasteiger partial charge >= 0.3 is 0 Å². The van der Waals surface area contributed by atoms with Crippen molar-refractivity contribution >= 4 is 40.3 Å². The van der Waals surface area contributed by atoms with Gasteiger partial charge in [0.1, 0.15) is 0 Å². The number of benzene rings is 1. The molecule has 0 aliphatic carbocycles. The Kier molecular flexibility index (Phi) is 6.77. The van der Waals surface area contributed by atoms with Crippen LogP contribution < -0.4 is 10.6 Å². The highest BCUT2D eigenvalue weighted by molar-refractivity contribution is 7.80. The first-order valence-corrected chi connectivity index (χ1v) is 8.91. The Morgan fingerprint density at radius 1 is 1.54 bits per heavy atom. The highest BCUT2D eigenvalue weighted by atomic mass is 35.5. The van der Waals surface area contributed by atoms with E-state index in [4.69, 9.17) is 23.8 Å². The van der Waals surface area contributed by atoms with E-state index in [-0.39, 0.29) is 5.69 Å². The number of nitro groups is 1. The number of hydrogen-bond donors (Lipinski definition) is 2. The number of halogens is 1. The van der Waals surface area contributed by atoms with Crippen molar-refractivity contribution < 1.29 is 4.92 Å². The van der Waals surface area contributed by atoms with Crippen molar-refractivity contribution in [3.8, 4) is 0 Å². The molecule has 2 rings (SSSR count). The number of nitrogens with one attached hydrogen (secondary N) is 2. The Morgan fingerprint density at radius 2 is 2.29 bits per heavy atom. The molecule has 1 aromatic carbocycles. The van der Waals surface area contributed by atoms with Crippen LogP contribution in [-0.4, -0.2) is 40.1 Å². The third-order valence-corrected chi connectivity index (χ3v) is 4.96. The summed E-state index contributed by atoms with van der Waals surface area (Å²) >= 11 is 11.4. The van der Waals surface area contributed by atoms with E-state index in [1.807, 2.05) is 0 Å². The zero-order valence-electron chi connectivity index (χ0n) is 13.9. The first kappa shape index (κ1) is 18.9. The van der Waals surface area contributed by atoms with E-state index in [9.17, 15) is 10.1 Å². The largest absolute Gasteiger partial charge is 0.361 e. The van der Waals surface area contributed by atoms with Crippen molar-refractivity contribution in [2.75, 3.05) is 18.4 Å². The van der Waals surface area contributed by atoms with Crippen LogP contribution in [-0.2, 0) is 0 Å². The Morgan fingerprint density at radius 3 is 2.96 bits per heavy atom. The zero-order chi connectivity index (χ0) is 17.7. The van der Waals surface area contributed by atoms with Crippen LogP contribution in [0.3, 0.4) is 0 Å². The molecule has 1 heterocycles. The molecule has 0 amide bonds. The van der Waals surface area contributed by atoms with Gasteiger partial charge in [-0.25, -0.2) is 0 Å². The number of likely N-dealkylation sites (tertiary alicyclic amines) is 1. The summed E-state index contributed by atoms with van der Waals surface area (Å²) in [7, 11) is 0. The summed E-state index contributed by atoms with van der Waals surface area (Å²) < 4.78 is 0. The van der Waals surface area contributed by atoms with Gasteiger partial charge in [-0.3, -0.25) is 15.0 Å². The van der Waals surface area contributed by atoms with Crippen molar-refractivity contribution in [3.63, 3.8) is 0 Å². The van der Waals surface area contributed by atoms with E-state index in [1.165, 1.54) is 37.5 Å². The number of piperidine rings is 1. The third-order valence-electron chi connectivity index (χ3n) is 4.39. The van der Waals surface area contributed by atoms with E-state index in [2.05, 4.69) is 29.4 Å². The molecule has 1 saturated heterocycles. The van der Waals surface area contributed by atoms with Gasteiger partial charge in [0.2, 0.25) is 0 Å². The predicted molar refractivity (Wildman–Crippen MR) is 102 cm³/mol. The smallest absolute Gasteiger partial charge is 0.271 e. The number of non-ortho nitro benzene ring substituents is 1. The van der Waals surface area contributed by atoms with Crippen molar-refractivity contribution in [1.29, 1.82) is 0 Å². The highest BCUT2D eigenvalue weighted by Crippen LogP contribution is 2.26. The van der Waals surface area contributed by atoms with Crippen molar-refractivity contribution in [1.82, 2.24) is 10.2 Å². The van der Waals surface area contributed by atoms with Gasteiger partial charge in [-0.1, -0.05) is 18.0 Å². The number of hydrogen-bond acceptors (Lipinski definition) is 4. The average molecular weight is 371 g/mol. The predicted octanol–water partition coefficient (Wildman–Crippen LogP) is 3.80. The maximum absolute atomic E-state index is 10.9. The van der Waals surface area contributed by atoms with Crippen LogP contribution in [0.1, 0.15) is 33.1 Å². The van der Waals surface area contributed by atoms with Crippen LogP contribution in [0.5, 0.6) is 0 Å². The van der Waals surface area contributed by atoms with Crippen LogP contribution in [0.4, 0.5) is 11.4 Å². The van der Waals surface area contributed by atoms with Gasteiger partial charge in [0, 0.05) is 30.8 Å². The molecule has 1 aliphatic rings. The van der Waals surface area contributed by atoms with Gasteiger partial charge in [0.15, 0.2) is 5.11 Å². The lowest BCUT2D eigenvalue weighted by Crippen LogP contribution is -2.49. The summed E-state index contributed by atoms with van der Waals surface area (Å²) in [5.41, 5.74) is 0.405. The molecule has 1 aromatic rings. The van der Waals surface area contributed by atoms with Gasteiger partial charge in [-0.2, -0.15) is 0 Å². The summed E-state index contributed by atoms with van der Waals surface area (Å²) in [6, 6.07) is 5.18. The standard InChI is InChI=1S/C16H23ClN4O2S/c1-11-5-3-4-8-20(11)12(2)10-18-16(24)19-15-9-13(21(22)23)6-7-14(15)17/h6-7,9,11-12H,3-5,8,10H2,1-2H3,(H2,18,19,24). The van der Waals surface area contributed by atoms with E-state index in [1.54, 1.807) is 0 Å². The molecule has 0 bridgehead atoms. The molecule has 8 heteroatoms. The summed E-state index contributed by atoms with van der Waals surface area (Å²) in [6.45, 7) is 6.26. The Balaban J connectivity index is 1.89. The molecular formula is C16H23ClN4O2S. The molecular weight excluding hydrogens is 348 g/mol. The maximum Gasteiger partial charge on any atom is 0.271 e. The average Bonchev–Trinajstić information content (AvgIpc) is 2.55. The maximum atomic E-state index is 10.9. The molecule has 132 valence electrons. The minimum atomic E-state index is -0.461. The molecule has 1 fully saturated rings. The fourth-order valence-corrected chi connectivity index (χ4v) is 3.38. The first-order valence-electron chi connectivity index (χ1n) is 8.13. The molecule has 2 atom stereocenters. The second kappa shape index (κ2) is 8.60. The lowest BCUT2D eigenvalue weighted by Gasteiger charge is -2.38. The van der Waals surface area contributed by atoms with Crippen molar-refractivity contribution in [2.45, 2.75) is 45.2 Å². The van der Waals surface area contributed by atoms with Crippen LogP contribution in [0.25, 0.3) is 0 Å². The van der Waals surface area contributed by atoms with Gasteiger partial charge in [0.05, 0.1) is 15.6 Å². The fourth-order valence-electron chi connectivity index (χ4n) is 3.02. The van der Waals surface area contributed by atoms with E-state index in [0.717, 1.165) is 6.54 Å². The molecule has 0 spiro atoms. The quantitative estimate of drug-likeness (QED) is 0.466. The van der Waals surface area contributed by atoms with Crippen LogP contribution in [0.15, 0.2) is 18.2 Å². The summed E-state index contributed by atoms with van der Waals surface area (Å²) in [5, 5.41) is 17.8. The summed E-state index contributed by atoms with van der Waals surface area (Å²) in [5.74, 6) is 0. The van der Waals surface area contributed by atoms with Gasteiger partial charge in [-0.05, 0) is 51.5 Å². The Bertz CT molecular complexity index is 614. The van der Waals surface area contributed by atoms with Gasteiger partial charge in [0.25, 0.3) is 5.69 Å². The van der Waals surface area contributed by atoms with Crippen LogP contribution in [0, 0.1) is 10.1 Å². The SMILES string of the molecule is CC1CCCCN1C(C)CNC(=S)Nc1cc([N+](=O)[O-])ccc1Cl.